The molecule has 3 rings (SSSR count). The summed E-state index contributed by atoms with van der Waals surface area (Å²) in [7, 11) is 0. The highest BCUT2D eigenvalue weighted by atomic mass is 32.1. The highest BCUT2D eigenvalue weighted by Crippen LogP contribution is 2.42. The van der Waals surface area contributed by atoms with E-state index in [1.807, 2.05) is 0 Å². The summed E-state index contributed by atoms with van der Waals surface area (Å²) >= 11 is 3.47. The van der Waals surface area contributed by atoms with Crippen LogP contribution in [0.1, 0.15) is 92.9 Å². The van der Waals surface area contributed by atoms with Gasteiger partial charge in [-0.25, -0.2) is 0 Å². The average molecular weight is 555 g/mol. The van der Waals surface area contributed by atoms with Gasteiger partial charge >= 0.3 is 0 Å². The quantitative estimate of drug-likeness (QED) is 0.156. The fourth-order valence-corrected chi connectivity index (χ4v) is 6.19. The lowest BCUT2D eigenvalue weighted by Crippen LogP contribution is -2.08. The molecule has 2 nitrogen and oxygen atoms in total. The van der Waals surface area contributed by atoms with Gasteiger partial charge in [0.2, 0.25) is 0 Å². The van der Waals surface area contributed by atoms with Gasteiger partial charge in [-0.2, -0.15) is 22.7 Å². The smallest absolute Gasteiger partial charge is 0.161 e. The topological polar surface area (TPSA) is 18.5 Å². The molecule has 0 amide bonds. The molecule has 210 valence electrons. The first-order chi connectivity index (χ1) is 18.3. The van der Waals surface area contributed by atoms with Crippen LogP contribution in [0.25, 0.3) is 22.3 Å². The molecule has 2 unspecified atom stereocenters. The molecular weight excluding hydrogens is 505 g/mol. The zero-order chi connectivity index (χ0) is 27.3. The summed E-state index contributed by atoms with van der Waals surface area (Å²) in [6.07, 6.45) is 9.93. The molecule has 0 fully saturated rings. The summed E-state index contributed by atoms with van der Waals surface area (Å²) in [5.74, 6) is 4.68. The predicted molar refractivity (Wildman–Crippen MR) is 169 cm³/mol. The van der Waals surface area contributed by atoms with Crippen molar-refractivity contribution >= 4 is 22.7 Å². The maximum absolute atomic E-state index is 6.48. The Morgan fingerprint density at radius 2 is 1.00 bits per heavy atom. The van der Waals surface area contributed by atoms with Crippen molar-refractivity contribution in [3.05, 3.63) is 45.8 Å². The number of hydrogen-bond acceptors (Lipinski definition) is 4. The highest BCUT2D eigenvalue weighted by molar-refractivity contribution is 7.08. The van der Waals surface area contributed by atoms with Crippen LogP contribution >= 0.6 is 22.7 Å². The van der Waals surface area contributed by atoms with E-state index in [1.54, 1.807) is 22.7 Å². The van der Waals surface area contributed by atoms with E-state index >= 15 is 0 Å². The molecule has 0 aliphatic carbocycles. The SMILES string of the molecule is CC(C)CCCC(C)CCOc1cc(-c2ccsc2)c(-c2ccsc2)cc1OCCC(C)CCCC(C)C. The van der Waals surface area contributed by atoms with E-state index < -0.39 is 0 Å². The Bertz CT molecular complexity index is 938. The van der Waals surface area contributed by atoms with Crippen LogP contribution in [0.2, 0.25) is 0 Å². The fraction of sp³-hybridized carbons (Fsp3) is 0.588. The first kappa shape index (κ1) is 30.8. The van der Waals surface area contributed by atoms with Gasteiger partial charge < -0.3 is 9.47 Å². The van der Waals surface area contributed by atoms with Crippen LogP contribution in [0.4, 0.5) is 0 Å². The highest BCUT2D eigenvalue weighted by Gasteiger charge is 2.17. The van der Waals surface area contributed by atoms with Gasteiger partial charge in [0.1, 0.15) is 0 Å². The van der Waals surface area contributed by atoms with Crippen LogP contribution in [-0.2, 0) is 0 Å². The molecule has 2 heterocycles. The Hall–Kier alpha value is -1.78. The number of benzene rings is 1. The third-order valence-corrected chi connectivity index (χ3v) is 8.81. The molecule has 1 aromatic carbocycles. The number of ether oxygens (including phenoxy) is 2. The molecule has 4 heteroatoms. The monoisotopic (exact) mass is 554 g/mol. The molecule has 0 aliphatic heterocycles. The molecule has 2 atom stereocenters. The normalized spacial score (nSPS) is 13.3. The lowest BCUT2D eigenvalue weighted by molar-refractivity contribution is 0.237. The molecule has 0 N–H and O–H groups in total. The summed E-state index contributed by atoms with van der Waals surface area (Å²) in [5.41, 5.74) is 4.93. The second kappa shape index (κ2) is 16.4. The van der Waals surface area contributed by atoms with E-state index in [2.05, 4.69) is 87.3 Å². The van der Waals surface area contributed by atoms with Crippen LogP contribution in [0.3, 0.4) is 0 Å². The van der Waals surface area contributed by atoms with Gasteiger partial charge in [0.05, 0.1) is 13.2 Å². The maximum Gasteiger partial charge on any atom is 0.161 e. The molecule has 3 aromatic rings. The van der Waals surface area contributed by atoms with E-state index in [0.29, 0.717) is 11.8 Å². The zero-order valence-electron chi connectivity index (χ0n) is 24.6. The Balaban J connectivity index is 1.73. The van der Waals surface area contributed by atoms with Gasteiger partial charge in [0.25, 0.3) is 0 Å². The number of hydrogen-bond donors (Lipinski definition) is 0. The van der Waals surface area contributed by atoms with Gasteiger partial charge in [-0.05, 0) is 105 Å². The third kappa shape index (κ3) is 10.4. The molecule has 0 aliphatic rings. The van der Waals surface area contributed by atoms with Crippen LogP contribution in [0, 0.1) is 23.7 Å². The summed E-state index contributed by atoms with van der Waals surface area (Å²) in [6, 6.07) is 8.85. The first-order valence-electron chi connectivity index (χ1n) is 14.8. The molecular formula is C34H50O2S2. The van der Waals surface area contributed by atoms with Crippen LogP contribution in [0.5, 0.6) is 11.5 Å². The van der Waals surface area contributed by atoms with E-state index in [0.717, 1.165) is 49.4 Å². The number of thiophene rings is 2. The van der Waals surface area contributed by atoms with Crippen LogP contribution < -0.4 is 9.47 Å². The van der Waals surface area contributed by atoms with Crippen molar-refractivity contribution in [3.8, 4) is 33.8 Å². The van der Waals surface area contributed by atoms with E-state index in [-0.39, 0.29) is 0 Å². The minimum atomic E-state index is 0.672. The zero-order valence-corrected chi connectivity index (χ0v) is 26.3. The Morgan fingerprint density at radius 1 is 0.579 bits per heavy atom. The lowest BCUT2D eigenvalue weighted by atomic mass is 9.96. The van der Waals surface area contributed by atoms with Crippen molar-refractivity contribution in [2.24, 2.45) is 23.7 Å². The second-order valence-electron chi connectivity index (χ2n) is 12.0. The Morgan fingerprint density at radius 3 is 1.34 bits per heavy atom. The molecule has 0 saturated carbocycles. The largest absolute Gasteiger partial charge is 0.490 e. The van der Waals surface area contributed by atoms with Gasteiger partial charge in [0.15, 0.2) is 11.5 Å². The van der Waals surface area contributed by atoms with E-state index in [1.165, 1.54) is 60.8 Å². The molecule has 0 spiro atoms. The van der Waals surface area contributed by atoms with Crippen molar-refractivity contribution in [2.75, 3.05) is 13.2 Å². The summed E-state index contributed by atoms with van der Waals surface area (Å²) < 4.78 is 13.0. The van der Waals surface area contributed by atoms with Crippen molar-refractivity contribution in [1.82, 2.24) is 0 Å². The Labute approximate surface area is 240 Å². The molecule has 2 aromatic heterocycles. The minimum Gasteiger partial charge on any atom is -0.490 e. The van der Waals surface area contributed by atoms with Crippen molar-refractivity contribution < 1.29 is 9.47 Å². The fourth-order valence-electron chi connectivity index (χ4n) is 4.88. The predicted octanol–water partition coefficient (Wildman–Crippen LogP) is 11.6. The summed E-state index contributed by atoms with van der Waals surface area (Å²) in [6.45, 7) is 15.4. The average Bonchev–Trinajstić information content (AvgIpc) is 3.59. The van der Waals surface area contributed by atoms with Gasteiger partial charge in [-0.15, -0.1) is 0 Å². The first-order valence-corrected chi connectivity index (χ1v) is 16.7. The van der Waals surface area contributed by atoms with Crippen molar-refractivity contribution in [3.63, 3.8) is 0 Å². The summed E-state index contributed by atoms with van der Waals surface area (Å²) in [4.78, 5) is 0. The maximum atomic E-state index is 6.48. The van der Waals surface area contributed by atoms with Crippen LogP contribution in [0.15, 0.2) is 45.8 Å². The van der Waals surface area contributed by atoms with Gasteiger partial charge in [0, 0.05) is 0 Å². The molecule has 38 heavy (non-hydrogen) atoms. The van der Waals surface area contributed by atoms with Gasteiger partial charge in [-0.1, -0.05) is 80.1 Å². The minimum absolute atomic E-state index is 0.672. The molecule has 0 radical (unpaired) electrons. The van der Waals surface area contributed by atoms with E-state index in [4.69, 9.17) is 9.47 Å². The third-order valence-electron chi connectivity index (χ3n) is 7.44. The second-order valence-corrected chi connectivity index (χ2v) is 13.6. The van der Waals surface area contributed by atoms with E-state index in [9.17, 15) is 0 Å². The van der Waals surface area contributed by atoms with Crippen LogP contribution in [-0.4, -0.2) is 13.2 Å². The van der Waals surface area contributed by atoms with Gasteiger partial charge in [-0.3, -0.25) is 0 Å². The van der Waals surface area contributed by atoms with Crippen molar-refractivity contribution in [1.29, 1.82) is 0 Å². The molecule has 0 bridgehead atoms. The standard InChI is InChI=1S/C34H50O2S2/c1-25(2)9-7-11-27(5)13-17-35-33-21-31(29-15-19-37-23-29)32(30-16-20-38-24-30)22-34(33)36-18-14-28(6)12-8-10-26(3)4/h15-16,19-28H,7-14,17-18H2,1-6H3. The molecule has 0 saturated heterocycles. The Kier molecular flexibility index (Phi) is 13.2. The van der Waals surface area contributed by atoms with Crippen molar-refractivity contribution in [2.45, 2.75) is 92.9 Å². The lowest BCUT2D eigenvalue weighted by Gasteiger charge is -2.19. The number of rotatable bonds is 18. The summed E-state index contributed by atoms with van der Waals surface area (Å²) in [5, 5.41) is 8.75.